The van der Waals surface area contributed by atoms with Gasteiger partial charge in [0.05, 0.1) is 0 Å². The summed E-state index contributed by atoms with van der Waals surface area (Å²) in [4.78, 5) is 21.6. The SMILES string of the molecule is CC/C(=C(\CC)c1ccc(O)cc1)c1ccc(O)cc1.O=P(O)(O)O.[Na+]. The molecule has 6 nitrogen and oxygen atoms in total. The zero-order valence-corrected chi connectivity index (χ0v) is 18.0. The van der Waals surface area contributed by atoms with Crippen molar-refractivity contribution in [2.24, 2.45) is 0 Å². The van der Waals surface area contributed by atoms with E-state index in [1.807, 2.05) is 24.3 Å². The Morgan fingerprint density at radius 1 is 0.731 bits per heavy atom. The van der Waals surface area contributed by atoms with Crippen LogP contribution in [0.2, 0.25) is 0 Å². The Balaban J connectivity index is 0.000000923. The zero-order valence-electron chi connectivity index (χ0n) is 15.1. The van der Waals surface area contributed by atoms with Crippen LogP contribution in [-0.4, -0.2) is 24.9 Å². The summed E-state index contributed by atoms with van der Waals surface area (Å²) >= 11 is 0. The van der Waals surface area contributed by atoms with E-state index in [4.69, 9.17) is 19.2 Å². The van der Waals surface area contributed by atoms with Gasteiger partial charge in [-0.1, -0.05) is 38.1 Å². The average molecular weight is 389 g/mol. The summed E-state index contributed by atoms with van der Waals surface area (Å²) in [6.45, 7) is 4.27. The molecule has 2 aromatic carbocycles. The van der Waals surface area contributed by atoms with Crippen molar-refractivity contribution in [2.45, 2.75) is 26.7 Å². The predicted molar refractivity (Wildman–Crippen MR) is 97.9 cm³/mol. The number of hydrogen-bond donors (Lipinski definition) is 5. The number of phosphoric acid groups is 1. The van der Waals surface area contributed by atoms with Crippen LogP contribution in [0.15, 0.2) is 48.5 Å². The van der Waals surface area contributed by atoms with Gasteiger partial charge in [-0.15, -0.1) is 0 Å². The molecule has 0 fully saturated rings. The smallest absolute Gasteiger partial charge is 0.508 e. The molecule has 0 amide bonds. The van der Waals surface area contributed by atoms with E-state index in [1.54, 1.807) is 24.3 Å². The summed E-state index contributed by atoms with van der Waals surface area (Å²) in [5, 5.41) is 18.8. The van der Waals surface area contributed by atoms with Crippen LogP contribution >= 0.6 is 7.82 Å². The van der Waals surface area contributed by atoms with Gasteiger partial charge in [0, 0.05) is 0 Å². The Bertz CT molecular complexity index is 686. The molecule has 0 unspecified atom stereocenters. The molecule has 0 heterocycles. The summed E-state index contributed by atoms with van der Waals surface area (Å²) in [7, 11) is -4.64. The fourth-order valence-corrected chi connectivity index (χ4v) is 2.51. The van der Waals surface area contributed by atoms with Crippen LogP contribution in [0.3, 0.4) is 0 Å². The second-order valence-electron chi connectivity index (χ2n) is 5.27. The summed E-state index contributed by atoms with van der Waals surface area (Å²) in [5.74, 6) is 0.568. The predicted octanol–water partition coefficient (Wildman–Crippen LogP) is 0.904. The van der Waals surface area contributed by atoms with Crippen LogP contribution in [0.25, 0.3) is 11.1 Å². The maximum absolute atomic E-state index is 9.41. The quantitative estimate of drug-likeness (QED) is 0.301. The van der Waals surface area contributed by atoms with Crippen LogP contribution in [0.1, 0.15) is 37.8 Å². The summed E-state index contributed by atoms with van der Waals surface area (Å²) < 4.78 is 8.88. The Labute approximate surface area is 175 Å². The fraction of sp³-hybridized carbons (Fsp3) is 0.222. The standard InChI is InChI=1S/C18H20O2.Na.H3O4P/c1-3-17(13-5-9-15(19)10-6-13)18(4-2)14-7-11-16(20)12-8-14;;1-5(2,3)4/h5-12,19-20H,3-4H2,1-2H3;;(H3,1,2,3,4)/q;+1;/b18-17-;;. The topological polar surface area (TPSA) is 118 Å². The number of allylic oxidation sites excluding steroid dienone is 2. The van der Waals surface area contributed by atoms with Gasteiger partial charge in [0.25, 0.3) is 0 Å². The molecule has 0 aliphatic carbocycles. The molecule has 5 N–H and O–H groups in total. The summed E-state index contributed by atoms with van der Waals surface area (Å²) in [6.07, 6.45) is 1.85. The van der Waals surface area contributed by atoms with Gasteiger partial charge in [0.15, 0.2) is 0 Å². The Morgan fingerprint density at radius 2 is 0.962 bits per heavy atom. The number of aromatic hydroxyl groups is 2. The van der Waals surface area contributed by atoms with Crippen molar-refractivity contribution in [1.82, 2.24) is 0 Å². The van der Waals surface area contributed by atoms with E-state index < -0.39 is 7.82 Å². The minimum absolute atomic E-state index is 0. The van der Waals surface area contributed by atoms with Gasteiger partial charge in [-0.25, -0.2) is 4.57 Å². The number of rotatable bonds is 4. The number of benzene rings is 2. The fourth-order valence-electron chi connectivity index (χ4n) is 2.51. The molecule has 0 aliphatic heterocycles. The molecule has 0 saturated heterocycles. The molecule has 136 valence electrons. The Hall–Kier alpha value is -1.11. The average Bonchev–Trinajstić information content (AvgIpc) is 2.53. The normalized spacial score (nSPS) is 11.6. The van der Waals surface area contributed by atoms with Crippen LogP contribution in [0.4, 0.5) is 0 Å². The Morgan fingerprint density at radius 3 is 1.15 bits per heavy atom. The van der Waals surface area contributed by atoms with E-state index in [-0.39, 0.29) is 41.1 Å². The van der Waals surface area contributed by atoms with Crippen molar-refractivity contribution in [1.29, 1.82) is 0 Å². The van der Waals surface area contributed by atoms with Crippen LogP contribution in [-0.2, 0) is 4.57 Å². The van der Waals surface area contributed by atoms with Crippen LogP contribution in [0, 0.1) is 0 Å². The monoisotopic (exact) mass is 389 g/mol. The number of phenolic OH excluding ortho intramolecular Hbond substituents is 2. The van der Waals surface area contributed by atoms with E-state index in [1.165, 1.54) is 11.1 Å². The molecular weight excluding hydrogens is 366 g/mol. The molecule has 0 aliphatic rings. The van der Waals surface area contributed by atoms with Crippen molar-refractivity contribution in [3.63, 3.8) is 0 Å². The minimum atomic E-state index is -4.64. The van der Waals surface area contributed by atoms with Gasteiger partial charge in [-0.05, 0) is 59.4 Å². The largest absolute Gasteiger partial charge is 1.00 e. The maximum Gasteiger partial charge on any atom is 1.00 e. The van der Waals surface area contributed by atoms with Crippen molar-refractivity contribution in [2.75, 3.05) is 0 Å². The molecule has 0 spiro atoms. The second kappa shape index (κ2) is 11.6. The van der Waals surface area contributed by atoms with Crippen molar-refractivity contribution < 1.29 is 59.0 Å². The van der Waals surface area contributed by atoms with Crippen molar-refractivity contribution in [3.8, 4) is 11.5 Å². The second-order valence-corrected chi connectivity index (χ2v) is 6.30. The summed E-state index contributed by atoms with van der Waals surface area (Å²) in [5.41, 5.74) is 4.82. The third kappa shape index (κ3) is 9.01. The van der Waals surface area contributed by atoms with Crippen LogP contribution < -0.4 is 29.6 Å². The van der Waals surface area contributed by atoms with Gasteiger partial charge in [0.1, 0.15) is 11.5 Å². The molecular formula is C18H23NaO6P+. The molecule has 0 bridgehead atoms. The van der Waals surface area contributed by atoms with Gasteiger partial charge in [0.2, 0.25) is 0 Å². The third-order valence-electron chi connectivity index (χ3n) is 3.50. The number of hydrogen-bond acceptors (Lipinski definition) is 3. The van der Waals surface area contributed by atoms with Crippen molar-refractivity contribution >= 4 is 19.0 Å². The van der Waals surface area contributed by atoms with E-state index in [2.05, 4.69) is 13.8 Å². The van der Waals surface area contributed by atoms with Gasteiger partial charge in [-0.3, -0.25) is 0 Å². The molecule has 0 saturated carbocycles. The molecule has 0 aromatic heterocycles. The minimum Gasteiger partial charge on any atom is -0.508 e. The first-order valence-electron chi connectivity index (χ1n) is 7.74. The van der Waals surface area contributed by atoms with E-state index in [9.17, 15) is 10.2 Å². The molecule has 0 radical (unpaired) electrons. The molecule has 0 atom stereocenters. The van der Waals surface area contributed by atoms with Crippen molar-refractivity contribution in [3.05, 3.63) is 59.7 Å². The molecule has 8 heteroatoms. The maximum atomic E-state index is 9.41. The van der Waals surface area contributed by atoms with Gasteiger partial charge in [-0.2, -0.15) is 0 Å². The molecule has 2 rings (SSSR count). The zero-order chi connectivity index (χ0) is 19.0. The van der Waals surface area contributed by atoms with E-state index in [0.29, 0.717) is 0 Å². The summed E-state index contributed by atoms with van der Waals surface area (Å²) in [6, 6.07) is 14.7. The first kappa shape index (κ1) is 24.9. The van der Waals surface area contributed by atoms with Gasteiger partial charge >= 0.3 is 37.4 Å². The third-order valence-corrected chi connectivity index (χ3v) is 3.50. The first-order valence-corrected chi connectivity index (χ1v) is 9.31. The van der Waals surface area contributed by atoms with E-state index >= 15 is 0 Å². The van der Waals surface area contributed by atoms with Crippen LogP contribution in [0.5, 0.6) is 11.5 Å². The van der Waals surface area contributed by atoms with Gasteiger partial charge < -0.3 is 24.9 Å². The molecule has 2 aromatic rings. The molecule has 26 heavy (non-hydrogen) atoms. The van der Waals surface area contributed by atoms with E-state index in [0.717, 1.165) is 24.0 Å². The number of phenols is 2. The Kier molecular flexibility index (Phi) is 11.1. The first-order chi connectivity index (χ1) is 11.7.